The Morgan fingerprint density at radius 2 is 2.17 bits per heavy atom. The molecule has 1 heterocycles. The van der Waals surface area contributed by atoms with Gasteiger partial charge >= 0.3 is 0 Å². The van der Waals surface area contributed by atoms with Crippen LogP contribution in [0, 0.1) is 5.92 Å². The van der Waals surface area contributed by atoms with Gasteiger partial charge in [-0.2, -0.15) is 0 Å². The fourth-order valence-corrected chi connectivity index (χ4v) is 1.82. The third kappa shape index (κ3) is 2.19. The Morgan fingerprint density at radius 1 is 1.50 bits per heavy atom. The third-order valence-corrected chi connectivity index (χ3v) is 3.15. The monoisotopic (exact) mass is 173 g/mol. The smallest absolute Gasteiger partial charge is 0.112 e. The van der Waals surface area contributed by atoms with Crippen LogP contribution in [0.15, 0.2) is 0 Å². The maximum Gasteiger partial charge on any atom is 0.112 e. The van der Waals surface area contributed by atoms with Gasteiger partial charge in [-0.15, -0.1) is 0 Å². The van der Waals surface area contributed by atoms with Crippen molar-refractivity contribution in [1.29, 1.82) is 0 Å². The van der Waals surface area contributed by atoms with Crippen molar-refractivity contribution in [2.45, 2.75) is 45.8 Å². The number of rotatable bonds is 3. The second-order valence-electron chi connectivity index (χ2n) is 4.01. The molecule has 0 spiro atoms. The zero-order valence-corrected chi connectivity index (χ0v) is 8.39. The molecule has 2 heteroatoms. The van der Waals surface area contributed by atoms with E-state index in [4.69, 9.17) is 0 Å². The fourth-order valence-electron chi connectivity index (χ4n) is 1.82. The van der Waals surface area contributed by atoms with Gasteiger partial charge in [-0.05, 0) is 32.2 Å². The standard InChI is InChI=1S/C10H20FN/c1-4-10(11)7-12-6-5-8(2)9(12)3/h8-10H,4-7H2,1-3H3. The number of halogens is 1. The van der Waals surface area contributed by atoms with E-state index in [9.17, 15) is 4.39 Å². The molecule has 3 unspecified atom stereocenters. The molecule has 1 fully saturated rings. The molecule has 0 aromatic heterocycles. The molecule has 12 heavy (non-hydrogen) atoms. The van der Waals surface area contributed by atoms with E-state index in [0.29, 0.717) is 19.0 Å². The van der Waals surface area contributed by atoms with Crippen LogP contribution in [-0.4, -0.2) is 30.2 Å². The van der Waals surface area contributed by atoms with Crippen molar-refractivity contribution in [2.75, 3.05) is 13.1 Å². The van der Waals surface area contributed by atoms with Crippen LogP contribution in [0.5, 0.6) is 0 Å². The molecule has 0 radical (unpaired) electrons. The average molecular weight is 173 g/mol. The Bertz CT molecular complexity index is 138. The van der Waals surface area contributed by atoms with Gasteiger partial charge < -0.3 is 0 Å². The van der Waals surface area contributed by atoms with Gasteiger partial charge in [-0.3, -0.25) is 4.90 Å². The van der Waals surface area contributed by atoms with Gasteiger partial charge in [0, 0.05) is 12.6 Å². The van der Waals surface area contributed by atoms with Gasteiger partial charge in [-0.25, -0.2) is 4.39 Å². The highest BCUT2D eigenvalue weighted by atomic mass is 19.1. The van der Waals surface area contributed by atoms with Crippen LogP contribution in [0.3, 0.4) is 0 Å². The lowest BCUT2D eigenvalue weighted by Gasteiger charge is -2.24. The number of hydrogen-bond acceptors (Lipinski definition) is 1. The summed E-state index contributed by atoms with van der Waals surface area (Å²) in [5.74, 6) is 0.744. The van der Waals surface area contributed by atoms with Gasteiger partial charge in [0.15, 0.2) is 0 Å². The first kappa shape index (κ1) is 9.97. The molecular formula is C10H20FN. The summed E-state index contributed by atoms with van der Waals surface area (Å²) >= 11 is 0. The summed E-state index contributed by atoms with van der Waals surface area (Å²) in [5, 5.41) is 0. The molecular weight excluding hydrogens is 153 g/mol. The highest BCUT2D eigenvalue weighted by Gasteiger charge is 2.28. The lowest BCUT2D eigenvalue weighted by Crippen LogP contribution is -2.34. The van der Waals surface area contributed by atoms with Crippen molar-refractivity contribution in [3.8, 4) is 0 Å². The van der Waals surface area contributed by atoms with Crippen molar-refractivity contribution in [3.63, 3.8) is 0 Å². The van der Waals surface area contributed by atoms with Crippen LogP contribution in [-0.2, 0) is 0 Å². The molecule has 1 nitrogen and oxygen atoms in total. The minimum Gasteiger partial charge on any atom is -0.298 e. The second-order valence-corrected chi connectivity index (χ2v) is 4.01. The lowest BCUT2D eigenvalue weighted by atomic mass is 10.1. The van der Waals surface area contributed by atoms with Crippen molar-refractivity contribution in [1.82, 2.24) is 4.90 Å². The Morgan fingerprint density at radius 3 is 2.58 bits per heavy atom. The zero-order valence-electron chi connectivity index (χ0n) is 8.39. The van der Waals surface area contributed by atoms with Crippen molar-refractivity contribution < 1.29 is 4.39 Å². The zero-order chi connectivity index (χ0) is 9.14. The quantitative estimate of drug-likeness (QED) is 0.633. The molecule has 72 valence electrons. The maximum atomic E-state index is 13.0. The molecule has 0 N–H and O–H groups in total. The van der Waals surface area contributed by atoms with E-state index in [1.54, 1.807) is 0 Å². The number of nitrogens with zero attached hydrogens (tertiary/aromatic N) is 1. The summed E-state index contributed by atoms with van der Waals surface area (Å²) in [6.07, 6.45) is 1.26. The van der Waals surface area contributed by atoms with E-state index in [2.05, 4.69) is 18.7 Å². The molecule has 0 aromatic rings. The van der Waals surface area contributed by atoms with Gasteiger partial charge in [0.1, 0.15) is 6.17 Å². The molecule has 0 aromatic carbocycles. The number of alkyl halides is 1. The molecule has 1 saturated heterocycles. The first-order valence-electron chi connectivity index (χ1n) is 5.03. The highest BCUT2D eigenvalue weighted by Crippen LogP contribution is 2.23. The van der Waals surface area contributed by atoms with Crippen LogP contribution in [0.2, 0.25) is 0 Å². The Balaban J connectivity index is 2.33. The van der Waals surface area contributed by atoms with Crippen LogP contribution >= 0.6 is 0 Å². The Kier molecular flexibility index (Phi) is 3.51. The van der Waals surface area contributed by atoms with E-state index in [0.717, 1.165) is 12.5 Å². The van der Waals surface area contributed by atoms with Gasteiger partial charge in [0.05, 0.1) is 0 Å². The highest BCUT2D eigenvalue weighted by molar-refractivity contribution is 4.82. The summed E-state index contributed by atoms with van der Waals surface area (Å²) in [6.45, 7) is 8.10. The van der Waals surface area contributed by atoms with E-state index in [1.807, 2.05) is 6.92 Å². The molecule has 0 amide bonds. The van der Waals surface area contributed by atoms with Crippen molar-refractivity contribution in [2.24, 2.45) is 5.92 Å². The molecule has 0 aliphatic carbocycles. The number of likely N-dealkylation sites (tertiary alicyclic amines) is 1. The Hall–Kier alpha value is -0.110. The molecule has 1 aliphatic heterocycles. The predicted octanol–water partition coefficient (Wildman–Crippen LogP) is 2.46. The van der Waals surface area contributed by atoms with E-state index in [1.165, 1.54) is 6.42 Å². The van der Waals surface area contributed by atoms with E-state index in [-0.39, 0.29) is 0 Å². The van der Waals surface area contributed by atoms with Crippen molar-refractivity contribution in [3.05, 3.63) is 0 Å². The van der Waals surface area contributed by atoms with Crippen LogP contribution < -0.4 is 0 Å². The normalized spacial score (nSPS) is 34.0. The molecule has 0 saturated carbocycles. The molecule has 3 atom stereocenters. The molecule has 1 aliphatic rings. The minimum absolute atomic E-state index is 0.579. The van der Waals surface area contributed by atoms with Gasteiger partial charge in [0.25, 0.3) is 0 Å². The first-order chi connectivity index (χ1) is 5.65. The average Bonchev–Trinajstić information content (AvgIpc) is 2.36. The third-order valence-electron chi connectivity index (χ3n) is 3.15. The van der Waals surface area contributed by atoms with Gasteiger partial charge in [0.2, 0.25) is 0 Å². The Labute approximate surface area is 74.9 Å². The van der Waals surface area contributed by atoms with Crippen LogP contribution in [0.25, 0.3) is 0 Å². The summed E-state index contributed by atoms with van der Waals surface area (Å²) in [5.41, 5.74) is 0. The van der Waals surface area contributed by atoms with E-state index < -0.39 is 6.17 Å². The van der Waals surface area contributed by atoms with E-state index >= 15 is 0 Å². The number of hydrogen-bond donors (Lipinski definition) is 0. The summed E-state index contributed by atoms with van der Waals surface area (Å²) in [7, 11) is 0. The fraction of sp³-hybridized carbons (Fsp3) is 1.00. The predicted molar refractivity (Wildman–Crippen MR) is 50.0 cm³/mol. The van der Waals surface area contributed by atoms with Gasteiger partial charge in [-0.1, -0.05) is 13.8 Å². The largest absolute Gasteiger partial charge is 0.298 e. The first-order valence-corrected chi connectivity index (χ1v) is 5.03. The maximum absolute atomic E-state index is 13.0. The van der Waals surface area contributed by atoms with Crippen LogP contribution in [0.1, 0.15) is 33.6 Å². The summed E-state index contributed by atoms with van der Waals surface area (Å²) in [4.78, 5) is 2.28. The minimum atomic E-state index is -0.627. The second kappa shape index (κ2) is 4.22. The van der Waals surface area contributed by atoms with Crippen LogP contribution in [0.4, 0.5) is 4.39 Å². The summed E-state index contributed by atoms with van der Waals surface area (Å²) in [6, 6.07) is 0.579. The molecule has 0 bridgehead atoms. The SMILES string of the molecule is CCC(F)CN1CCC(C)C1C. The summed E-state index contributed by atoms with van der Waals surface area (Å²) < 4.78 is 13.0. The lowest BCUT2D eigenvalue weighted by molar-refractivity contribution is 0.173. The topological polar surface area (TPSA) is 3.24 Å². The molecule has 1 rings (SSSR count). The van der Waals surface area contributed by atoms with Crippen molar-refractivity contribution >= 4 is 0 Å².